The molecule has 3 aliphatic heterocycles. The Morgan fingerprint density at radius 3 is 2.44 bits per heavy atom. The summed E-state index contributed by atoms with van der Waals surface area (Å²) < 4.78 is 15.9. The van der Waals surface area contributed by atoms with E-state index in [2.05, 4.69) is 63.9 Å². The number of alkyl carbamates (subject to hydrolysis) is 2. The van der Waals surface area contributed by atoms with Gasteiger partial charge in [-0.1, -0.05) is 45.4 Å². The predicted octanol–water partition coefficient (Wildman–Crippen LogP) is 7.14. The molecular weight excluding hydrogens is 753 g/mol. The molecule has 3 aliphatic rings. The van der Waals surface area contributed by atoms with Crippen molar-refractivity contribution in [1.29, 1.82) is 0 Å². The van der Waals surface area contributed by atoms with E-state index in [-0.39, 0.29) is 35.9 Å². The normalized spacial score (nSPS) is 20.9. The Bertz CT molecular complexity index is 2440. The molecule has 0 spiro atoms. The van der Waals surface area contributed by atoms with Crippen molar-refractivity contribution in [2.24, 2.45) is 11.8 Å². The number of hydrogen-bond acceptors (Lipinski definition) is 9. The summed E-state index contributed by atoms with van der Waals surface area (Å²) in [5, 5.41) is 7.30. The average Bonchev–Trinajstić information content (AvgIpc) is 4.06. The summed E-state index contributed by atoms with van der Waals surface area (Å²) in [4.78, 5) is 71.9. The van der Waals surface area contributed by atoms with E-state index in [0.29, 0.717) is 24.9 Å². The molecule has 2 saturated heterocycles. The number of H-pyrrole nitrogens is 2. The van der Waals surface area contributed by atoms with Gasteiger partial charge in [0.25, 0.3) is 0 Å². The van der Waals surface area contributed by atoms with Crippen LogP contribution in [0.25, 0.3) is 44.2 Å². The molecule has 1 unspecified atom stereocenters. The van der Waals surface area contributed by atoms with Crippen molar-refractivity contribution in [3.05, 3.63) is 65.9 Å². The third-order valence-electron chi connectivity index (χ3n) is 12.4. The third kappa shape index (κ3) is 7.31. The molecule has 0 aliphatic carbocycles. The average molecular weight is 805 g/mol. The number of rotatable bonds is 9. The number of hydrogen-bond donors (Lipinski definition) is 4. The minimum Gasteiger partial charge on any atom is -0.488 e. The highest BCUT2D eigenvalue weighted by Gasteiger charge is 2.42. The number of fused-ring (bicyclic) bond motifs is 6. The largest absolute Gasteiger partial charge is 0.488 e. The molecule has 59 heavy (non-hydrogen) atoms. The second kappa shape index (κ2) is 15.9. The molecule has 310 valence electrons. The number of methoxy groups -OCH3 is 2. The number of nitrogens with one attached hydrogen (secondary N) is 4. The molecule has 6 atom stereocenters. The fourth-order valence-electron chi connectivity index (χ4n) is 9.04. The number of likely N-dealkylation sites (tertiary alicyclic amines) is 2. The van der Waals surface area contributed by atoms with Crippen molar-refractivity contribution < 1.29 is 33.4 Å². The lowest BCUT2D eigenvalue weighted by Gasteiger charge is -2.32. The number of nitrogens with zero attached hydrogens (tertiary/aromatic N) is 4. The van der Waals surface area contributed by atoms with E-state index in [1.54, 1.807) is 6.92 Å². The summed E-state index contributed by atoms with van der Waals surface area (Å²) in [7, 11) is 2.57. The highest BCUT2D eigenvalue weighted by atomic mass is 16.5. The molecule has 15 nitrogen and oxygen atoms in total. The topological polar surface area (TPSA) is 184 Å². The first kappa shape index (κ1) is 39.7. The van der Waals surface area contributed by atoms with Crippen molar-refractivity contribution in [2.75, 3.05) is 20.8 Å². The lowest BCUT2D eigenvalue weighted by atomic mass is 9.92. The zero-order valence-corrected chi connectivity index (χ0v) is 34.5. The van der Waals surface area contributed by atoms with Crippen molar-refractivity contribution in [2.45, 2.75) is 97.1 Å². The Labute approximate surface area is 342 Å². The Morgan fingerprint density at radius 1 is 0.915 bits per heavy atom. The van der Waals surface area contributed by atoms with Crippen molar-refractivity contribution in [1.82, 2.24) is 40.4 Å². The second-order valence-electron chi connectivity index (χ2n) is 16.4. The van der Waals surface area contributed by atoms with E-state index >= 15 is 0 Å². The fraction of sp³-hybridized carbons (Fsp3) is 0.455. The van der Waals surface area contributed by atoms with Crippen LogP contribution in [0.5, 0.6) is 5.75 Å². The highest BCUT2D eigenvalue weighted by molar-refractivity contribution is 6.07. The van der Waals surface area contributed by atoms with Gasteiger partial charge in [0.1, 0.15) is 36.1 Å². The van der Waals surface area contributed by atoms with Gasteiger partial charge in [0.2, 0.25) is 11.8 Å². The van der Waals surface area contributed by atoms with Gasteiger partial charge in [-0.2, -0.15) is 0 Å². The number of amides is 4. The summed E-state index contributed by atoms with van der Waals surface area (Å²) in [6.45, 7) is 10.6. The minimum absolute atomic E-state index is 0.0149. The van der Waals surface area contributed by atoms with Crippen LogP contribution in [0.1, 0.15) is 89.6 Å². The second-order valence-corrected chi connectivity index (χ2v) is 16.4. The molecule has 0 radical (unpaired) electrons. The predicted molar refractivity (Wildman–Crippen MR) is 221 cm³/mol. The van der Waals surface area contributed by atoms with Gasteiger partial charge in [-0.3, -0.25) is 9.59 Å². The number of aromatic amines is 2. The molecule has 2 aromatic heterocycles. The van der Waals surface area contributed by atoms with Crippen LogP contribution in [0.15, 0.2) is 48.7 Å². The van der Waals surface area contributed by atoms with Gasteiger partial charge in [0, 0.05) is 23.5 Å². The Morgan fingerprint density at radius 2 is 1.69 bits per heavy atom. The maximum absolute atomic E-state index is 13.9. The zero-order chi connectivity index (χ0) is 41.7. The van der Waals surface area contributed by atoms with Gasteiger partial charge in [-0.05, 0) is 91.3 Å². The number of carbonyl (C=O) groups excluding carboxylic acids is 4. The van der Waals surface area contributed by atoms with Gasteiger partial charge in [0.15, 0.2) is 0 Å². The summed E-state index contributed by atoms with van der Waals surface area (Å²) in [5.41, 5.74) is 6.59. The number of benzene rings is 3. The van der Waals surface area contributed by atoms with Crippen LogP contribution < -0.4 is 15.4 Å². The first-order valence-electron chi connectivity index (χ1n) is 20.5. The standard InChI is InChI=1S/C44H52N8O7/c1-8-25-15-35(51(20-25)41(53)24(5)46-43(55)57-6)40-47-32-13-11-26-17-31-29-12-10-27(16-28(29)21-59-36(31)18-30(26)38(32)49-40)33-19-45-39(48-33)34-14-9-23(4)52(34)42(54)37(22(2)3)50-44(56)58-7/h10-13,16-19,22-25,34-35,37H,8-9,14-15,20-21H2,1-7H3,(H,45,48)(H,46,55)(H,47,49)(H,50,56)/t23-,24-,25-,34-,35-,37?/m0/s1. The summed E-state index contributed by atoms with van der Waals surface area (Å²) in [5.74, 6) is 2.06. The molecule has 4 amide bonds. The fourth-order valence-corrected chi connectivity index (χ4v) is 9.04. The van der Waals surface area contributed by atoms with E-state index < -0.39 is 24.3 Å². The number of aromatic nitrogens is 4. The number of carbonyl (C=O) groups is 4. The molecule has 5 aromatic rings. The molecule has 2 fully saturated rings. The van der Waals surface area contributed by atoms with Crippen LogP contribution in [-0.2, 0) is 25.7 Å². The molecule has 0 saturated carbocycles. The van der Waals surface area contributed by atoms with Crippen LogP contribution in [0.3, 0.4) is 0 Å². The van der Waals surface area contributed by atoms with Crippen molar-refractivity contribution in [3.8, 4) is 28.1 Å². The lowest BCUT2D eigenvalue weighted by Crippen LogP contribution is -2.52. The Balaban J connectivity index is 1.05. The third-order valence-corrected chi connectivity index (χ3v) is 12.4. The molecule has 5 heterocycles. The van der Waals surface area contributed by atoms with Gasteiger partial charge in [-0.15, -0.1) is 0 Å². The van der Waals surface area contributed by atoms with Gasteiger partial charge in [-0.25, -0.2) is 19.6 Å². The van der Waals surface area contributed by atoms with E-state index in [1.807, 2.05) is 42.8 Å². The highest BCUT2D eigenvalue weighted by Crippen LogP contribution is 2.44. The molecule has 8 rings (SSSR count). The Hall–Kier alpha value is -6.12. The zero-order valence-electron chi connectivity index (χ0n) is 34.5. The van der Waals surface area contributed by atoms with Gasteiger partial charge in [0.05, 0.1) is 49.2 Å². The quantitative estimate of drug-likeness (QED) is 0.120. The SMILES string of the molecule is CC[C@H]1C[C@@H](c2nc3c(ccc4cc5c(cc43)OCc3cc(-c4cnc([C@@H]6CC[C@H](C)N6C(=O)C(NC(=O)OC)C(C)C)[nH]4)ccc3-5)[nH]2)N(C(=O)[C@H](C)NC(=O)OC)C1. The van der Waals surface area contributed by atoms with Crippen LogP contribution in [-0.4, -0.2) is 92.6 Å². The first-order valence-corrected chi connectivity index (χ1v) is 20.5. The van der Waals surface area contributed by atoms with E-state index in [4.69, 9.17) is 24.2 Å². The van der Waals surface area contributed by atoms with Crippen molar-refractivity contribution in [3.63, 3.8) is 0 Å². The molecule has 0 bridgehead atoms. The number of imidazole rings is 2. The maximum Gasteiger partial charge on any atom is 0.407 e. The van der Waals surface area contributed by atoms with Gasteiger partial charge < -0.3 is 44.6 Å². The molecule has 15 heteroatoms. The van der Waals surface area contributed by atoms with Crippen LogP contribution in [0.2, 0.25) is 0 Å². The van der Waals surface area contributed by atoms with E-state index in [0.717, 1.165) is 87.0 Å². The lowest BCUT2D eigenvalue weighted by molar-refractivity contribution is -0.137. The molecular formula is C44H52N8O7. The Kier molecular flexibility index (Phi) is 10.7. The summed E-state index contributed by atoms with van der Waals surface area (Å²) in [6.07, 6.45) is 3.81. The van der Waals surface area contributed by atoms with Gasteiger partial charge >= 0.3 is 12.2 Å². The minimum atomic E-state index is -0.740. The summed E-state index contributed by atoms with van der Waals surface area (Å²) >= 11 is 0. The maximum atomic E-state index is 13.9. The van der Waals surface area contributed by atoms with Crippen molar-refractivity contribution >= 4 is 45.8 Å². The monoisotopic (exact) mass is 804 g/mol. The first-order chi connectivity index (χ1) is 28.4. The molecule has 3 aromatic carbocycles. The van der Waals surface area contributed by atoms with Crippen LogP contribution >= 0.6 is 0 Å². The van der Waals surface area contributed by atoms with E-state index in [9.17, 15) is 19.2 Å². The van der Waals surface area contributed by atoms with Crippen LogP contribution in [0.4, 0.5) is 9.59 Å². The molecule has 4 N–H and O–H groups in total. The smallest absolute Gasteiger partial charge is 0.407 e. The number of ether oxygens (including phenoxy) is 3. The summed E-state index contributed by atoms with van der Waals surface area (Å²) in [6, 6.07) is 12.7. The van der Waals surface area contributed by atoms with E-state index in [1.165, 1.54) is 14.2 Å². The van der Waals surface area contributed by atoms with Crippen LogP contribution in [0, 0.1) is 11.8 Å².